The van der Waals surface area contributed by atoms with Crippen LogP contribution in [0, 0.1) is 5.92 Å². The van der Waals surface area contributed by atoms with E-state index in [2.05, 4.69) is 0 Å². The standard InChI is InChI=1S/C7H15F2N/c1-6(2)7(8,9)5-10(3)4/h6H,5H2,1-4H3. The van der Waals surface area contributed by atoms with E-state index in [-0.39, 0.29) is 6.54 Å². The third kappa shape index (κ3) is 3.11. The zero-order chi connectivity index (χ0) is 8.36. The summed E-state index contributed by atoms with van der Waals surface area (Å²) in [5.74, 6) is -3.13. The van der Waals surface area contributed by atoms with Crippen molar-refractivity contribution in [2.45, 2.75) is 19.8 Å². The van der Waals surface area contributed by atoms with Gasteiger partial charge in [0.1, 0.15) is 0 Å². The minimum Gasteiger partial charge on any atom is -0.304 e. The van der Waals surface area contributed by atoms with E-state index in [4.69, 9.17) is 0 Å². The first-order valence-corrected chi connectivity index (χ1v) is 3.39. The van der Waals surface area contributed by atoms with Crippen LogP contribution in [0.3, 0.4) is 0 Å². The fourth-order valence-electron chi connectivity index (χ4n) is 0.604. The molecule has 62 valence electrons. The molecule has 0 aromatic rings. The van der Waals surface area contributed by atoms with Crippen molar-refractivity contribution < 1.29 is 8.78 Å². The average molecular weight is 151 g/mol. The fourth-order valence-corrected chi connectivity index (χ4v) is 0.604. The van der Waals surface area contributed by atoms with E-state index in [1.807, 2.05) is 0 Å². The molecule has 0 spiro atoms. The van der Waals surface area contributed by atoms with Crippen LogP contribution in [0.25, 0.3) is 0 Å². The predicted octanol–water partition coefficient (Wildman–Crippen LogP) is 1.84. The van der Waals surface area contributed by atoms with Crippen molar-refractivity contribution in [3.05, 3.63) is 0 Å². The van der Waals surface area contributed by atoms with Crippen molar-refractivity contribution in [2.24, 2.45) is 5.92 Å². The molecule has 0 amide bonds. The van der Waals surface area contributed by atoms with Crippen LogP contribution in [0.2, 0.25) is 0 Å². The van der Waals surface area contributed by atoms with Crippen LogP contribution in [-0.2, 0) is 0 Å². The molecule has 0 aliphatic heterocycles. The molecule has 0 bridgehead atoms. The van der Waals surface area contributed by atoms with Crippen molar-refractivity contribution >= 4 is 0 Å². The second kappa shape index (κ2) is 3.28. The number of rotatable bonds is 3. The highest BCUT2D eigenvalue weighted by atomic mass is 19.3. The summed E-state index contributed by atoms with van der Waals surface area (Å²) in [6, 6.07) is 0. The molecule has 0 radical (unpaired) electrons. The fraction of sp³-hybridized carbons (Fsp3) is 1.00. The van der Waals surface area contributed by atoms with Gasteiger partial charge in [-0.15, -0.1) is 0 Å². The molecule has 10 heavy (non-hydrogen) atoms. The van der Waals surface area contributed by atoms with Crippen molar-refractivity contribution in [2.75, 3.05) is 20.6 Å². The Morgan fingerprint density at radius 3 is 1.80 bits per heavy atom. The number of hydrogen-bond donors (Lipinski definition) is 0. The monoisotopic (exact) mass is 151 g/mol. The summed E-state index contributed by atoms with van der Waals surface area (Å²) in [4.78, 5) is 1.50. The van der Waals surface area contributed by atoms with Gasteiger partial charge in [-0.25, -0.2) is 8.78 Å². The highest BCUT2D eigenvalue weighted by Crippen LogP contribution is 2.23. The molecule has 0 unspecified atom stereocenters. The van der Waals surface area contributed by atoms with E-state index >= 15 is 0 Å². The normalized spacial score (nSPS) is 13.2. The number of hydrogen-bond acceptors (Lipinski definition) is 1. The van der Waals surface area contributed by atoms with Gasteiger partial charge in [0, 0.05) is 5.92 Å². The Balaban J connectivity index is 3.87. The molecule has 0 aromatic heterocycles. The molecular formula is C7H15F2N. The Bertz CT molecular complexity index is 99.8. The Morgan fingerprint density at radius 2 is 1.70 bits per heavy atom. The first-order chi connectivity index (χ1) is 4.36. The van der Waals surface area contributed by atoms with Gasteiger partial charge in [0.2, 0.25) is 0 Å². The topological polar surface area (TPSA) is 3.24 Å². The van der Waals surface area contributed by atoms with Crippen LogP contribution in [-0.4, -0.2) is 31.5 Å². The summed E-state index contributed by atoms with van der Waals surface area (Å²) in [6.07, 6.45) is 0. The molecule has 0 fully saturated rings. The smallest absolute Gasteiger partial charge is 0.262 e. The summed E-state index contributed by atoms with van der Waals surface area (Å²) in [5, 5.41) is 0. The predicted molar refractivity (Wildman–Crippen MR) is 38.3 cm³/mol. The van der Waals surface area contributed by atoms with Crippen molar-refractivity contribution in [1.82, 2.24) is 4.90 Å². The molecule has 0 rings (SSSR count). The highest BCUT2D eigenvalue weighted by Gasteiger charge is 2.33. The number of alkyl halides is 2. The van der Waals surface area contributed by atoms with Gasteiger partial charge < -0.3 is 4.90 Å². The quantitative estimate of drug-likeness (QED) is 0.595. The van der Waals surface area contributed by atoms with Gasteiger partial charge in [-0.05, 0) is 14.1 Å². The Morgan fingerprint density at radius 1 is 1.30 bits per heavy atom. The van der Waals surface area contributed by atoms with Crippen LogP contribution in [0.5, 0.6) is 0 Å². The number of nitrogens with zero attached hydrogens (tertiary/aromatic N) is 1. The minimum atomic E-state index is -2.55. The third-order valence-corrected chi connectivity index (χ3v) is 1.37. The lowest BCUT2D eigenvalue weighted by Gasteiger charge is -2.23. The summed E-state index contributed by atoms with van der Waals surface area (Å²) >= 11 is 0. The molecule has 0 aromatic carbocycles. The van der Waals surface area contributed by atoms with E-state index in [9.17, 15) is 8.78 Å². The van der Waals surface area contributed by atoms with Gasteiger partial charge in [0.25, 0.3) is 5.92 Å². The van der Waals surface area contributed by atoms with Gasteiger partial charge in [0.15, 0.2) is 0 Å². The van der Waals surface area contributed by atoms with Gasteiger partial charge in [-0.3, -0.25) is 0 Å². The van der Waals surface area contributed by atoms with Crippen LogP contribution in [0.1, 0.15) is 13.8 Å². The zero-order valence-electron chi connectivity index (χ0n) is 6.99. The molecule has 0 N–H and O–H groups in total. The van der Waals surface area contributed by atoms with E-state index in [1.165, 1.54) is 18.7 Å². The lowest BCUT2D eigenvalue weighted by molar-refractivity contribution is -0.0622. The zero-order valence-corrected chi connectivity index (χ0v) is 6.99. The summed E-state index contributed by atoms with van der Waals surface area (Å²) in [6.45, 7) is 2.90. The Kier molecular flexibility index (Phi) is 3.22. The lowest BCUT2D eigenvalue weighted by atomic mass is 10.1. The van der Waals surface area contributed by atoms with Gasteiger partial charge in [-0.2, -0.15) is 0 Å². The molecule has 1 nitrogen and oxygen atoms in total. The summed E-state index contributed by atoms with van der Waals surface area (Å²) < 4.78 is 25.5. The maximum absolute atomic E-state index is 12.8. The molecule has 0 saturated carbocycles. The minimum absolute atomic E-state index is 0.162. The molecular weight excluding hydrogens is 136 g/mol. The first-order valence-electron chi connectivity index (χ1n) is 3.39. The number of halogens is 2. The van der Waals surface area contributed by atoms with Crippen molar-refractivity contribution in [1.29, 1.82) is 0 Å². The highest BCUT2D eigenvalue weighted by molar-refractivity contribution is 4.72. The molecule has 0 aliphatic carbocycles. The largest absolute Gasteiger partial charge is 0.304 e. The van der Waals surface area contributed by atoms with Crippen molar-refractivity contribution in [3.63, 3.8) is 0 Å². The first kappa shape index (κ1) is 9.82. The Labute approximate surface area is 61.0 Å². The van der Waals surface area contributed by atoms with E-state index in [0.717, 1.165) is 0 Å². The van der Waals surface area contributed by atoms with Crippen LogP contribution in [0.15, 0.2) is 0 Å². The maximum Gasteiger partial charge on any atom is 0.262 e. The summed E-state index contributed by atoms with van der Waals surface area (Å²) in [5.41, 5.74) is 0. The second-order valence-electron chi connectivity index (χ2n) is 3.15. The van der Waals surface area contributed by atoms with Crippen LogP contribution >= 0.6 is 0 Å². The summed E-state index contributed by atoms with van der Waals surface area (Å²) in [7, 11) is 3.30. The third-order valence-electron chi connectivity index (χ3n) is 1.37. The Hall–Kier alpha value is -0.180. The van der Waals surface area contributed by atoms with Crippen LogP contribution < -0.4 is 0 Å². The lowest BCUT2D eigenvalue weighted by Crippen LogP contribution is -2.36. The van der Waals surface area contributed by atoms with E-state index < -0.39 is 11.8 Å². The molecule has 3 heteroatoms. The molecule has 0 aliphatic rings. The van der Waals surface area contributed by atoms with E-state index in [1.54, 1.807) is 14.1 Å². The van der Waals surface area contributed by atoms with Gasteiger partial charge >= 0.3 is 0 Å². The van der Waals surface area contributed by atoms with Gasteiger partial charge in [0.05, 0.1) is 6.54 Å². The second-order valence-corrected chi connectivity index (χ2v) is 3.15. The van der Waals surface area contributed by atoms with Gasteiger partial charge in [-0.1, -0.05) is 13.8 Å². The molecule has 0 atom stereocenters. The van der Waals surface area contributed by atoms with E-state index in [0.29, 0.717) is 0 Å². The molecule has 0 saturated heterocycles. The molecule has 0 heterocycles. The average Bonchev–Trinajstić information content (AvgIpc) is 1.60. The van der Waals surface area contributed by atoms with Crippen LogP contribution in [0.4, 0.5) is 8.78 Å². The maximum atomic E-state index is 12.8. The van der Waals surface area contributed by atoms with Crippen molar-refractivity contribution in [3.8, 4) is 0 Å². The SMILES string of the molecule is CC(C)C(F)(F)CN(C)C.